The number of halogens is 2. The minimum Gasteiger partial charge on any atom is -0.480 e. The quantitative estimate of drug-likeness (QED) is 0.889. The van der Waals surface area contributed by atoms with Gasteiger partial charge >= 0.3 is 5.97 Å². The molecule has 0 spiro atoms. The summed E-state index contributed by atoms with van der Waals surface area (Å²) in [5.74, 6) is -0.910. The second-order valence-corrected chi connectivity index (χ2v) is 7.06. The average molecular weight is 320 g/mol. The molecule has 0 heterocycles. The summed E-state index contributed by atoms with van der Waals surface area (Å²) in [5, 5.41) is 10.4. The molecule has 1 aromatic rings. The molecular formula is C13H15Cl2NO2S. The molecular weight excluding hydrogens is 305 g/mol. The number of hydrogen-bond acceptors (Lipinski definition) is 3. The summed E-state index contributed by atoms with van der Waals surface area (Å²) in [6.45, 7) is 0. The summed E-state index contributed by atoms with van der Waals surface area (Å²) in [6, 6.07) is 5.45. The molecule has 2 atom stereocenters. The van der Waals surface area contributed by atoms with Gasteiger partial charge in [0.25, 0.3) is 0 Å². The number of aliphatic carboxylic acids is 1. The fourth-order valence-electron chi connectivity index (χ4n) is 2.29. The molecule has 0 saturated heterocycles. The predicted octanol–water partition coefficient (Wildman–Crippen LogP) is 3.81. The number of nitrogens with two attached hydrogens (primary N) is 1. The zero-order chi connectivity index (χ0) is 14.0. The van der Waals surface area contributed by atoms with E-state index in [1.807, 2.05) is 12.1 Å². The zero-order valence-electron chi connectivity index (χ0n) is 10.2. The van der Waals surface area contributed by atoms with Gasteiger partial charge < -0.3 is 10.8 Å². The maximum atomic E-state index is 11.2. The maximum absolute atomic E-state index is 11.2. The van der Waals surface area contributed by atoms with Gasteiger partial charge in [-0.1, -0.05) is 23.2 Å². The Balaban J connectivity index is 2.06. The van der Waals surface area contributed by atoms with Crippen molar-refractivity contribution in [1.29, 1.82) is 0 Å². The van der Waals surface area contributed by atoms with Gasteiger partial charge in [0.15, 0.2) is 0 Å². The lowest BCUT2D eigenvalue weighted by Gasteiger charge is -2.34. The smallest absolute Gasteiger partial charge is 0.323 e. The molecule has 0 bridgehead atoms. The fraction of sp³-hybridized carbons (Fsp3) is 0.462. The van der Waals surface area contributed by atoms with Crippen LogP contribution in [0.15, 0.2) is 23.1 Å². The molecule has 1 aromatic carbocycles. The fourth-order valence-corrected chi connectivity index (χ4v) is 4.04. The van der Waals surface area contributed by atoms with Crippen LogP contribution in [-0.2, 0) is 4.79 Å². The van der Waals surface area contributed by atoms with Gasteiger partial charge in [0.05, 0.1) is 10.0 Å². The van der Waals surface area contributed by atoms with Crippen LogP contribution in [0.25, 0.3) is 0 Å². The molecule has 3 nitrogen and oxygen atoms in total. The van der Waals surface area contributed by atoms with Crippen molar-refractivity contribution in [3.05, 3.63) is 28.2 Å². The molecule has 0 radical (unpaired) electrons. The van der Waals surface area contributed by atoms with E-state index in [0.29, 0.717) is 22.9 Å². The van der Waals surface area contributed by atoms with E-state index in [2.05, 4.69) is 0 Å². The van der Waals surface area contributed by atoms with Crippen molar-refractivity contribution in [2.75, 3.05) is 0 Å². The minimum atomic E-state index is -1.09. The predicted molar refractivity (Wildman–Crippen MR) is 79.1 cm³/mol. The van der Waals surface area contributed by atoms with Crippen molar-refractivity contribution in [3.63, 3.8) is 0 Å². The van der Waals surface area contributed by atoms with Crippen LogP contribution in [-0.4, -0.2) is 21.9 Å². The van der Waals surface area contributed by atoms with Crippen LogP contribution in [0.2, 0.25) is 10.0 Å². The lowest BCUT2D eigenvalue weighted by Crippen LogP contribution is -2.51. The Morgan fingerprint density at radius 2 is 2.16 bits per heavy atom. The van der Waals surface area contributed by atoms with E-state index in [1.165, 1.54) is 0 Å². The van der Waals surface area contributed by atoms with Crippen LogP contribution in [0.1, 0.15) is 25.7 Å². The second kappa shape index (κ2) is 5.92. The first-order chi connectivity index (χ1) is 8.90. The topological polar surface area (TPSA) is 63.3 Å². The highest BCUT2D eigenvalue weighted by Gasteiger charge is 2.39. The Morgan fingerprint density at radius 1 is 1.42 bits per heavy atom. The number of hydrogen-bond donors (Lipinski definition) is 2. The van der Waals surface area contributed by atoms with Crippen molar-refractivity contribution < 1.29 is 9.90 Å². The normalized spacial score (nSPS) is 27.2. The van der Waals surface area contributed by atoms with E-state index in [4.69, 9.17) is 28.9 Å². The van der Waals surface area contributed by atoms with Gasteiger partial charge in [-0.3, -0.25) is 4.79 Å². The van der Waals surface area contributed by atoms with E-state index in [-0.39, 0.29) is 5.25 Å². The molecule has 104 valence electrons. The van der Waals surface area contributed by atoms with Gasteiger partial charge in [0, 0.05) is 10.1 Å². The van der Waals surface area contributed by atoms with E-state index in [0.717, 1.165) is 17.7 Å². The molecule has 2 rings (SSSR count). The van der Waals surface area contributed by atoms with Crippen molar-refractivity contribution in [2.24, 2.45) is 5.73 Å². The standard InChI is InChI=1S/C13H15Cl2NO2S/c14-10-4-3-8(6-11(10)15)19-9-2-1-5-13(16,7-9)12(17)18/h3-4,6,9H,1-2,5,7,16H2,(H,17,18). The van der Waals surface area contributed by atoms with E-state index in [9.17, 15) is 9.90 Å². The third-order valence-corrected chi connectivity index (χ3v) is 5.36. The SMILES string of the molecule is NC1(C(=O)O)CCCC(Sc2ccc(Cl)c(Cl)c2)C1. The first-order valence-electron chi connectivity index (χ1n) is 6.05. The van der Waals surface area contributed by atoms with E-state index < -0.39 is 11.5 Å². The highest BCUT2D eigenvalue weighted by atomic mass is 35.5. The van der Waals surface area contributed by atoms with Gasteiger partial charge in [-0.05, 0) is 43.9 Å². The van der Waals surface area contributed by atoms with Crippen LogP contribution >= 0.6 is 35.0 Å². The highest BCUT2D eigenvalue weighted by Crippen LogP contribution is 2.38. The molecule has 2 unspecified atom stereocenters. The zero-order valence-corrected chi connectivity index (χ0v) is 12.6. The first kappa shape index (κ1) is 15.0. The minimum absolute atomic E-state index is 0.201. The Bertz CT molecular complexity index is 498. The van der Waals surface area contributed by atoms with Crippen molar-refractivity contribution in [3.8, 4) is 0 Å². The summed E-state index contributed by atoms with van der Waals surface area (Å²) in [4.78, 5) is 12.2. The summed E-state index contributed by atoms with van der Waals surface area (Å²) in [7, 11) is 0. The van der Waals surface area contributed by atoms with Crippen LogP contribution in [0, 0.1) is 0 Å². The average Bonchev–Trinajstić information content (AvgIpc) is 2.34. The molecule has 0 amide bonds. The molecule has 3 N–H and O–H groups in total. The lowest BCUT2D eigenvalue weighted by molar-refractivity contribution is -0.144. The van der Waals surface area contributed by atoms with Crippen molar-refractivity contribution in [1.82, 2.24) is 0 Å². The van der Waals surface area contributed by atoms with Crippen molar-refractivity contribution >= 4 is 40.9 Å². The summed E-state index contributed by atoms with van der Waals surface area (Å²) >= 11 is 13.5. The summed E-state index contributed by atoms with van der Waals surface area (Å²) in [6.07, 6.45) is 2.83. The summed E-state index contributed by atoms with van der Waals surface area (Å²) in [5.41, 5.74) is 4.85. The largest absolute Gasteiger partial charge is 0.480 e. The van der Waals surface area contributed by atoms with E-state index >= 15 is 0 Å². The monoisotopic (exact) mass is 319 g/mol. The van der Waals surface area contributed by atoms with Crippen LogP contribution < -0.4 is 5.73 Å². The molecule has 1 saturated carbocycles. The first-order valence-corrected chi connectivity index (χ1v) is 7.68. The number of carboxylic acid groups (broad SMARTS) is 1. The number of carboxylic acids is 1. The Morgan fingerprint density at radius 3 is 2.79 bits per heavy atom. The molecule has 6 heteroatoms. The Kier molecular flexibility index (Phi) is 4.66. The maximum Gasteiger partial charge on any atom is 0.323 e. The molecule has 0 aromatic heterocycles. The molecule has 19 heavy (non-hydrogen) atoms. The lowest BCUT2D eigenvalue weighted by atomic mass is 9.82. The highest BCUT2D eigenvalue weighted by molar-refractivity contribution is 8.00. The molecule has 1 aliphatic rings. The molecule has 1 aliphatic carbocycles. The molecule has 1 fully saturated rings. The van der Waals surface area contributed by atoms with Gasteiger partial charge in [-0.2, -0.15) is 0 Å². The third-order valence-electron chi connectivity index (χ3n) is 3.36. The second-order valence-electron chi connectivity index (χ2n) is 4.87. The molecule has 0 aliphatic heterocycles. The van der Waals surface area contributed by atoms with Crippen LogP contribution in [0.5, 0.6) is 0 Å². The van der Waals surface area contributed by atoms with E-state index in [1.54, 1.807) is 17.8 Å². The number of thioether (sulfide) groups is 1. The number of rotatable bonds is 3. The number of carbonyl (C=O) groups is 1. The Labute approximate surface area is 126 Å². The van der Waals surface area contributed by atoms with Gasteiger partial charge in [0.2, 0.25) is 0 Å². The third kappa shape index (κ3) is 3.57. The van der Waals surface area contributed by atoms with Crippen molar-refractivity contribution in [2.45, 2.75) is 41.4 Å². The van der Waals surface area contributed by atoms with Gasteiger partial charge in [-0.15, -0.1) is 11.8 Å². The Hall–Kier alpha value is -0.420. The van der Waals surface area contributed by atoms with Crippen LogP contribution in [0.4, 0.5) is 0 Å². The number of benzene rings is 1. The van der Waals surface area contributed by atoms with Gasteiger partial charge in [0.1, 0.15) is 5.54 Å². The van der Waals surface area contributed by atoms with Gasteiger partial charge in [-0.25, -0.2) is 0 Å². The summed E-state index contributed by atoms with van der Waals surface area (Å²) < 4.78 is 0. The van der Waals surface area contributed by atoms with Crippen LogP contribution in [0.3, 0.4) is 0 Å².